The highest BCUT2D eigenvalue weighted by atomic mass is 32.2. The van der Waals surface area contributed by atoms with Crippen LogP contribution in [0.25, 0.3) is 5.65 Å². The van der Waals surface area contributed by atoms with Crippen molar-refractivity contribution >= 4 is 23.4 Å². The molecule has 0 atom stereocenters. The first-order chi connectivity index (χ1) is 13.1. The Morgan fingerprint density at radius 2 is 2.04 bits per heavy atom. The summed E-state index contributed by atoms with van der Waals surface area (Å²) in [6.45, 7) is 4.55. The molecule has 2 heterocycles. The second kappa shape index (κ2) is 8.56. The molecule has 3 rings (SSSR count). The van der Waals surface area contributed by atoms with E-state index in [0.717, 1.165) is 26.8 Å². The first-order valence-electron chi connectivity index (χ1n) is 8.57. The van der Waals surface area contributed by atoms with Gasteiger partial charge in [0.2, 0.25) is 0 Å². The number of hydrogen-bond donors (Lipinski definition) is 2. The molecule has 27 heavy (non-hydrogen) atoms. The number of nitrogens with one attached hydrogen (secondary N) is 2. The lowest BCUT2D eigenvalue weighted by atomic mass is 10.2. The van der Waals surface area contributed by atoms with Crippen LogP contribution < -0.4 is 10.6 Å². The van der Waals surface area contributed by atoms with E-state index in [1.807, 2.05) is 53.1 Å². The predicted molar refractivity (Wildman–Crippen MR) is 103 cm³/mol. The third-order valence-electron chi connectivity index (χ3n) is 3.89. The van der Waals surface area contributed by atoms with E-state index >= 15 is 0 Å². The van der Waals surface area contributed by atoms with Gasteiger partial charge < -0.3 is 10.6 Å². The molecule has 0 aliphatic heterocycles. The minimum Gasteiger partial charge on any atom is -0.334 e. The third kappa shape index (κ3) is 4.57. The van der Waals surface area contributed by atoms with E-state index in [-0.39, 0.29) is 18.5 Å². The van der Waals surface area contributed by atoms with Gasteiger partial charge in [-0.1, -0.05) is 43.8 Å². The number of amides is 2. The summed E-state index contributed by atoms with van der Waals surface area (Å²) in [5, 5.41) is 22.2. The van der Waals surface area contributed by atoms with Gasteiger partial charge in [-0.3, -0.25) is 4.40 Å². The zero-order valence-corrected chi connectivity index (χ0v) is 16.0. The van der Waals surface area contributed by atoms with Crippen LogP contribution in [0.15, 0.2) is 52.4 Å². The topological polar surface area (TPSA) is 95.1 Å². The maximum absolute atomic E-state index is 11.7. The maximum atomic E-state index is 11.7. The molecule has 0 radical (unpaired) electrons. The van der Waals surface area contributed by atoms with Crippen molar-refractivity contribution < 1.29 is 4.79 Å². The van der Waals surface area contributed by atoms with Crippen molar-refractivity contribution in [3.05, 3.63) is 54.0 Å². The predicted octanol–water partition coefficient (Wildman–Crippen LogP) is 3.33. The zero-order chi connectivity index (χ0) is 19.2. The molecular weight excluding hydrogens is 360 g/mol. The third-order valence-corrected chi connectivity index (χ3v) is 4.98. The number of hydrogen-bond acceptors (Lipinski definition) is 5. The number of nitriles is 1. The van der Waals surface area contributed by atoms with Crippen LogP contribution in [0.2, 0.25) is 0 Å². The van der Waals surface area contributed by atoms with Gasteiger partial charge in [0.1, 0.15) is 12.4 Å². The number of benzene rings is 1. The van der Waals surface area contributed by atoms with Crippen LogP contribution in [0.1, 0.15) is 31.2 Å². The molecule has 0 saturated heterocycles. The number of carbonyl (C=O) groups excluding carboxylic acids is 1. The van der Waals surface area contributed by atoms with Crippen LogP contribution in [0, 0.1) is 11.3 Å². The van der Waals surface area contributed by atoms with Crippen molar-refractivity contribution in [1.82, 2.24) is 25.2 Å². The molecule has 7 nitrogen and oxygen atoms in total. The quantitative estimate of drug-likeness (QED) is 0.640. The summed E-state index contributed by atoms with van der Waals surface area (Å²) in [4.78, 5) is 13.8. The van der Waals surface area contributed by atoms with Crippen molar-refractivity contribution in [2.24, 2.45) is 0 Å². The van der Waals surface area contributed by atoms with Gasteiger partial charge in [0.05, 0.1) is 6.07 Å². The summed E-state index contributed by atoms with van der Waals surface area (Å²) in [6, 6.07) is 13.4. The van der Waals surface area contributed by atoms with Gasteiger partial charge in [-0.05, 0) is 23.8 Å². The van der Waals surface area contributed by atoms with Crippen LogP contribution in [-0.4, -0.2) is 27.2 Å². The Bertz CT molecular complexity index is 991. The minimum absolute atomic E-state index is 0.0145. The molecule has 0 bridgehead atoms. The second-order valence-corrected chi connectivity index (χ2v) is 7.33. The van der Waals surface area contributed by atoms with Crippen LogP contribution in [0.5, 0.6) is 0 Å². The van der Waals surface area contributed by atoms with E-state index in [0.29, 0.717) is 6.54 Å². The van der Waals surface area contributed by atoms with Crippen molar-refractivity contribution in [3.63, 3.8) is 0 Å². The number of rotatable bonds is 6. The van der Waals surface area contributed by atoms with Gasteiger partial charge in [0, 0.05) is 28.5 Å². The van der Waals surface area contributed by atoms with Gasteiger partial charge in [-0.15, -0.1) is 10.2 Å². The van der Waals surface area contributed by atoms with Gasteiger partial charge in [0.25, 0.3) is 0 Å². The molecule has 2 N–H and O–H groups in total. The molecular formula is C19H20N6OS. The highest BCUT2D eigenvalue weighted by Crippen LogP contribution is 2.31. The van der Waals surface area contributed by atoms with Crippen molar-refractivity contribution in [1.29, 1.82) is 5.26 Å². The van der Waals surface area contributed by atoms with E-state index in [1.165, 1.54) is 0 Å². The molecule has 0 aliphatic rings. The Labute approximate surface area is 161 Å². The van der Waals surface area contributed by atoms with Gasteiger partial charge in [0.15, 0.2) is 5.65 Å². The van der Waals surface area contributed by atoms with E-state index in [9.17, 15) is 4.79 Å². The SMILES string of the molecule is CC(C)c1nnc2ccc(Sc3ccccc3CNC(=O)NCC#N)cn12. The molecule has 0 unspecified atom stereocenters. The fourth-order valence-electron chi connectivity index (χ4n) is 2.58. The first kappa shape index (κ1) is 18.7. The summed E-state index contributed by atoms with van der Waals surface area (Å²) < 4.78 is 2.02. The lowest BCUT2D eigenvalue weighted by molar-refractivity contribution is 0.241. The zero-order valence-electron chi connectivity index (χ0n) is 15.1. The van der Waals surface area contributed by atoms with Crippen molar-refractivity contribution in [2.45, 2.75) is 36.1 Å². The van der Waals surface area contributed by atoms with Crippen LogP contribution >= 0.6 is 11.8 Å². The van der Waals surface area contributed by atoms with E-state index in [2.05, 4.69) is 34.7 Å². The van der Waals surface area contributed by atoms with Gasteiger partial charge >= 0.3 is 6.03 Å². The molecule has 8 heteroatoms. The monoisotopic (exact) mass is 380 g/mol. The van der Waals surface area contributed by atoms with E-state index < -0.39 is 0 Å². The largest absolute Gasteiger partial charge is 0.334 e. The second-order valence-electron chi connectivity index (χ2n) is 6.21. The average molecular weight is 380 g/mol. The molecule has 2 amide bonds. The summed E-state index contributed by atoms with van der Waals surface area (Å²) in [7, 11) is 0. The number of pyridine rings is 1. The molecule has 0 fully saturated rings. The standard InChI is InChI=1S/C19H20N6OS/c1-13(2)18-24-23-17-8-7-15(12-25(17)18)27-16-6-4-3-5-14(16)11-22-19(26)21-10-9-20/h3-8,12-13H,10-11H2,1-2H3,(H2,21,22,26). The van der Waals surface area contributed by atoms with Crippen molar-refractivity contribution in [3.8, 4) is 6.07 Å². The highest BCUT2D eigenvalue weighted by molar-refractivity contribution is 7.99. The molecule has 0 aliphatic carbocycles. The van der Waals surface area contributed by atoms with Crippen LogP contribution in [-0.2, 0) is 6.54 Å². The number of aromatic nitrogens is 3. The van der Waals surface area contributed by atoms with Gasteiger partial charge in [-0.25, -0.2) is 4.79 Å². The van der Waals surface area contributed by atoms with Gasteiger partial charge in [-0.2, -0.15) is 5.26 Å². The molecule has 3 aromatic rings. The number of fused-ring (bicyclic) bond motifs is 1. The molecule has 138 valence electrons. The summed E-state index contributed by atoms with van der Waals surface area (Å²) >= 11 is 1.62. The Balaban J connectivity index is 1.78. The summed E-state index contributed by atoms with van der Waals surface area (Å²) in [5.41, 5.74) is 1.83. The Morgan fingerprint density at radius 1 is 1.22 bits per heavy atom. The summed E-state index contributed by atoms with van der Waals surface area (Å²) in [5.74, 6) is 1.21. The lowest BCUT2D eigenvalue weighted by Gasteiger charge is -2.11. The Morgan fingerprint density at radius 3 is 2.81 bits per heavy atom. The minimum atomic E-state index is -0.358. The molecule has 1 aromatic carbocycles. The molecule has 2 aromatic heterocycles. The van der Waals surface area contributed by atoms with Crippen LogP contribution in [0.3, 0.4) is 0 Å². The summed E-state index contributed by atoms with van der Waals surface area (Å²) in [6.07, 6.45) is 2.04. The number of carbonyl (C=O) groups is 1. The maximum Gasteiger partial charge on any atom is 0.315 e. The lowest BCUT2D eigenvalue weighted by Crippen LogP contribution is -2.35. The van der Waals surface area contributed by atoms with Crippen LogP contribution in [0.4, 0.5) is 4.79 Å². The smallest absolute Gasteiger partial charge is 0.315 e. The molecule has 0 saturated carbocycles. The Kier molecular flexibility index (Phi) is 5.94. The van der Waals surface area contributed by atoms with E-state index in [1.54, 1.807) is 11.8 Å². The molecule has 0 spiro atoms. The number of urea groups is 1. The Hall–Kier alpha value is -3.05. The fraction of sp³-hybridized carbons (Fsp3) is 0.263. The van der Waals surface area contributed by atoms with E-state index in [4.69, 9.17) is 5.26 Å². The van der Waals surface area contributed by atoms with Crippen molar-refractivity contribution in [2.75, 3.05) is 6.54 Å². The first-order valence-corrected chi connectivity index (χ1v) is 9.39. The number of nitrogens with zero attached hydrogens (tertiary/aromatic N) is 4. The normalized spacial score (nSPS) is 10.7. The average Bonchev–Trinajstić information content (AvgIpc) is 3.09. The fourth-order valence-corrected chi connectivity index (χ4v) is 3.54. The highest BCUT2D eigenvalue weighted by Gasteiger charge is 2.11.